The Morgan fingerprint density at radius 3 is 2.86 bits per heavy atom. The number of aryl methyl sites for hydroxylation is 1. The predicted octanol–water partition coefficient (Wildman–Crippen LogP) is 0.849. The van der Waals surface area contributed by atoms with Gasteiger partial charge in [0, 0.05) is 5.56 Å². The van der Waals surface area contributed by atoms with Gasteiger partial charge in [-0.05, 0) is 12.8 Å². The molecular weight excluding hydrogens is 180 g/mol. The summed E-state index contributed by atoms with van der Waals surface area (Å²) in [7, 11) is 0. The molecule has 14 heavy (non-hydrogen) atoms. The van der Waals surface area contributed by atoms with Crippen LogP contribution in [0.4, 0.5) is 0 Å². The van der Waals surface area contributed by atoms with E-state index in [4.69, 9.17) is 0 Å². The first kappa shape index (κ1) is 8.93. The number of hydrogen-bond acceptors (Lipinski definition) is 3. The summed E-state index contributed by atoms with van der Waals surface area (Å²) in [4.78, 5) is 18.3. The van der Waals surface area contributed by atoms with Crippen LogP contribution in [-0.4, -0.2) is 19.6 Å². The van der Waals surface area contributed by atoms with Crippen molar-refractivity contribution in [2.75, 3.05) is 0 Å². The van der Waals surface area contributed by atoms with Crippen LogP contribution >= 0.6 is 0 Å². The molecule has 2 rings (SSSR count). The van der Waals surface area contributed by atoms with Gasteiger partial charge in [-0.2, -0.15) is 10.1 Å². The largest absolute Gasteiger partial charge is 0.291 e. The molecule has 0 radical (unpaired) electrons. The van der Waals surface area contributed by atoms with E-state index in [-0.39, 0.29) is 11.5 Å². The molecule has 2 aromatic heterocycles. The van der Waals surface area contributed by atoms with Crippen LogP contribution < -0.4 is 5.56 Å². The zero-order valence-corrected chi connectivity index (χ0v) is 8.40. The fraction of sp³-hybridized carbons (Fsp3) is 0.444. The van der Waals surface area contributed by atoms with Gasteiger partial charge in [-0.15, -0.1) is 0 Å². The molecule has 5 heteroatoms. The van der Waals surface area contributed by atoms with Crippen molar-refractivity contribution in [3.05, 3.63) is 27.9 Å². The second-order valence-corrected chi connectivity index (χ2v) is 3.60. The van der Waals surface area contributed by atoms with Gasteiger partial charge in [0.1, 0.15) is 6.33 Å². The van der Waals surface area contributed by atoms with Crippen molar-refractivity contribution in [2.45, 2.75) is 26.7 Å². The zero-order valence-electron chi connectivity index (χ0n) is 8.40. The SMILES string of the molecule is Cc1c(C(C)C)c(=O)[nH]c2ncnn12. The van der Waals surface area contributed by atoms with Crippen LogP contribution in [0, 0.1) is 6.92 Å². The first-order valence-corrected chi connectivity index (χ1v) is 4.53. The van der Waals surface area contributed by atoms with Crippen molar-refractivity contribution < 1.29 is 0 Å². The summed E-state index contributed by atoms with van der Waals surface area (Å²) < 4.78 is 1.65. The number of aromatic amines is 1. The Morgan fingerprint density at radius 1 is 1.50 bits per heavy atom. The third-order valence-corrected chi connectivity index (χ3v) is 2.30. The Bertz CT molecular complexity index is 523. The molecule has 0 saturated carbocycles. The molecule has 2 aromatic rings. The molecule has 0 aliphatic carbocycles. The molecule has 0 saturated heterocycles. The van der Waals surface area contributed by atoms with E-state index in [2.05, 4.69) is 15.1 Å². The van der Waals surface area contributed by atoms with Crippen molar-refractivity contribution in [1.29, 1.82) is 0 Å². The van der Waals surface area contributed by atoms with Crippen LogP contribution in [0.25, 0.3) is 5.78 Å². The first-order valence-electron chi connectivity index (χ1n) is 4.53. The lowest BCUT2D eigenvalue weighted by molar-refractivity contribution is 0.779. The minimum Gasteiger partial charge on any atom is -0.291 e. The monoisotopic (exact) mass is 192 g/mol. The fourth-order valence-electron chi connectivity index (χ4n) is 1.70. The number of H-pyrrole nitrogens is 1. The average molecular weight is 192 g/mol. The Balaban J connectivity index is 2.89. The normalized spacial score (nSPS) is 11.4. The molecule has 0 aliphatic heterocycles. The standard InChI is InChI=1S/C9H12N4O/c1-5(2)7-6(3)13-9(10-4-11-13)12-8(7)14/h4-5H,1-3H3,(H,10,11,12,14). The third kappa shape index (κ3) is 1.13. The van der Waals surface area contributed by atoms with Crippen molar-refractivity contribution in [3.8, 4) is 0 Å². The van der Waals surface area contributed by atoms with Crippen molar-refractivity contribution in [1.82, 2.24) is 19.6 Å². The highest BCUT2D eigenvalue weighted by Gasteiger charge is 2.12. The maximum Gasteiger partial charge on any atom is 0.256 e. The van der Waals surface area contributed by atoms with Gasteiger partial charge in [-0.25, -0.2) is 4.52 Å². The summed E-state index contributed by atoms with van der Waals surface area (Å²) in [5, 5.41) is 4.04. The van der Waals surface area contributed by atoms with E-state index in [1.165, 1.54) is 6.33 Å². The first-order chi connectivity index (χ1) is 6.61. The van der Waals surface area contributed by atoms with Gasteiger partial charge < -0.3 is 0 Å². The van der Waals surface area contributed by atoms with E-state index in [9.17, 15) is 4.79 Å². The van der Waals surface area contributed by atoms with Gasteiger partial charge in [-0.3, -0.25) is 9.78 Å². The van der Waals surface area contributed by atoms with Gasteiger partial charge in [0.05, 0.1) is 5.69 Å². The van der Waals surface area contributed by atoms with Gasteiger partial charge in [0.15, 0.2) is 0 Å². The number of aromatic nitrogens is 4. The molecule has 0 unspecified atom stereocenters. The fourth-order valence-corrected chi connectivity index (χ4v) is 1.70. The zero-order chi connectivity index (χ0) is 10.3. The van der Waals surface area contributed by atoms with E-state index in [1.807, 2.05) is 20.8 Å². The minimum atomic E-state index is -0.0713. The van der Waals surface area contributed by atoms with Gasteiger partial charge in [-0.1, -0.05) is 13.8 Å². The van der Waals surface area contributed by atoms with Gasteiger partial charge >= 0.3 is 0 Å². The Hall–Kier alpha value is -1.65. The number of nitrogens with one attached hydrogen (secondary N) is 1. The summed E-state index contributed by atoms with van der Waals surface area (Å²) in [5.41, 5.74) is 1.55. The van der Waals surface area contributed by atoms with Crippen LogP contribution in [0.15, 0.2) is 11.1 Å². The summed E-state index contributed by atoms with van der Waals surface area (Å²) in [6.07, 6.45) is 1.43. The lowest BCUT2D eigenvalue weighted by atomic mass is 10.0. The Labute approximate surface area is 80.8 Å². The van der Waals surface area contributed by atoms with E-state index < -0.39 is 0 Å². The highest BCUT2D eigenvalue weighted by molar-refractivity contribution is 5.32. The molecule has 0 amide bonds. The maximum atomic E-state index is 11.7. The van der Waals surface area contributed by atoms with Crippen LogP contribution in [0.2, 0.25) is 0 Å². The molecule has 5 nitrogen and oxygen atoms in total. The van der Waals surface area contributed by atoms with Crippen LogP contribution in [0.3, 0.4) is 0 Å². The number of nitrogens with zero attached hydrogens (tertiary/aromatic N) is 3. The second-order valence-electron chi connectivity index (χ2n) is 3.60. The molecule has 0 bridgehead atoms. The molecule has 1 N–H and O–H groups in total. The highest BCUT2D eigenvalue weighted by Crippen LogP contribution is 2.13. The topological polar surface area (TPSA) is 63.0 Å². The summed E-state index contributed by atoms with van der Waals surface area (Å²) in [6.45, 7) is 5.85. The summed E-state index contributed by atoms with van der Waals surface area (Å²) in [5.74, 6) is 0.684. The average Bonchev–Trinajstić information content (AvgIpc) is 2.50. The lowest BCUT2D eigenvalue weighted by Gasteiger charge is -2.08. The number of rotatable bonds is 1. The summed E-state index contributed by atoms with van der Waals surface area (Å²) in [6, 6.07) is 0. The van der Waals surface area contributed by atoms with E-state index in [0.29, 0.717) is 5.78 Å². The maximum absolute atomic E-state index is 11.7. The van der Waals surface area contributed by atoms with Crippen molar-refractivity contribution >= 4 is 5.78 Å². The van der Waals surface area contributed by atoms with Crippen LogP contribution in [0.5, 0.6) is 0 Å². The van der Waals surface area contributed by atoms with Gasteiger partial charge in [0.25, 0.3) is 5.56 Å². The lowest BCUT2D eigenvalue weighted by Crippen LogP contribution is -2.19. The highest BCUT2D eigenvalue weighted by atomic mass is 16.1. The Morgan fingerprint density at radius 2 is 2.21 bits per heavy atom. The van der Waals surface area contributed by atoms with Crippen molar-refractivity contribution in [2.24, 2.45) is 0 Å². The van der Waals surface area contributed by atoms with Crippen molar-refractivity contribution in [3.63, 3.8) is 0 Å². The molecule has 0 fully saturated rings. The number of fused-ring (bicyclic) bond motifs is 1. The smallest absolute Gasteiger partial charge is 0.256 e. The quantitative estimate of drug-likeness (QED) is 0.728. The molecule has 0 atom stereocenters. The molecule has 2 heterocycles. The van der Waals surface area contributed by atoms with E-state index in [1.54, 1.807) is 4.52 Å². The molecule has 0 aliphatic rings. The number of hydrogen-bond donors (Lipinski definition) is 1. The Kier molecular flexibility index (Phi) is 1.87. The van der Waals surface area contributed by atoms with Crippen LogP contribution in [0.1, 0.15) is 31.0 Å². The third-order valence-electron chi connectivity index (χ3n) is 2.30. The summed E-state index contributed by atoms with van der Waals surface area (Å²) >= 11 is 0. The van der Waals surface area contributed by atoms with E-state index in [0.717, 1.165) is 11.3 Å². The molecule has 0 aromatic carbocycles. The van der Waals surface area contributed by atoms with Gasteiger partial charge in [0.2, 0.25) is 5.78 Å². The molecule has 74 valence electrons. The molecular formula is C9H12N4O. The van der Waals surface area contributed by atoms with Crippen LogP contribution in [-0.2, 0) is 0 Å². The predicted molar refractivity (Wildman–Crippen MR) is 52.4 cm³/mol. The second kappa shape index (κ2) is 2.94. The molecule has 0 spiro atoms. The minimum absolute atomic E-state index is 0.0713. The van der Waals surface area contributed by atoms with E-state index >= 15 is 0 Å².